The third kappa shape index (κ3) is 2.03. The summed E-state index contributed by atoms with van der Waals surface area (Å²) in [5.74, 6) is 0.440. The van der Waals surface area contributed by atoms with Gasteiger partial charge in [0.15, 0.2) is 5.76 Å². The lowest BCUT2D eigenvalue weighted by atomic mass is 10.1. The first-order chi connectivity index (χ1) is 8.83. The average molecular weight is 241 g/mol. The lowest BCUT2D eigenvalue weighted by Gasteiger charge is -1.91. The van der Waals surface area contributed by atoms with E-state index in [2.05, 4.69) is 16.0 Å². The first-order valence-corrected chi connectivity index (χ1v) is 5.59. The predicted octanol–water partition coefficient (Wildman–Crippen LogP) is 1.36. The smallest absolute Gasteiger partial charge is 0.262 e. The van der Waals surface area contributed by atoms with Gasteiger partial charge in [0, 0.05) is 23.7 Å². The Morgan fingerprint density at radius 2 is 2.11 bits per heavy atom. The second kappa shape index (κ2) is 4.46. The van der Waals surface area contributed by atoms with Gasteiger partial charge in [-0.05, 0) is 6.08 Å². The summed E-state index contributed by atoms with van der Waals surface area (Å²) in [6.45, 7) is 0.486. The summed E-state index contributed by atoms with van der Waals surface area (Å²) >= 11 is 0. The minimum Gasteiger partial charge on any atom is -0.356 e. The van der Waals surface area contributed by atoms with Crippen molar-refractivity contribution in [3.8, 4) is 11.3 Å². The number of carbonyl (C=O) groups excluding carboxylic acids is 1. The van der Waals surface area contributed by atoms with E-state index in [-0.39, 0.29) is 5.91 Å². The lowest BCUT2D eigenvalue weighted by Crippen LogP contribution is -2.25. The Kier molecular flexibility index (Phi) is 2.66. The van der Waals surface area contributed by atoms with E-state index < -0.39 is 0 Å². The van der Waals surface area contributed by atoms with Gasteiger partial charge in [0.05, 0.1) is 0 Å². The van der Waals surface area contributed by atoms with Gasteiger partial charge in [-0.1, -0.05) is 35.5 Å². The largest absolute Gasteiger partial charge is 0.356 e. The van der Waals surface area contributed by atoms with Crippen molar-refractivity contribution in [2.45, 2.75) is 0 Å². The Morgan fingerprint density at radius 1 is 1.28 bits per heavy atom. The quantitative estimate of drug-likeness (QED) is 0.779. The molecule has 1 fully saturated rings. The number of hydrogen-bond donors (Lipinski definition) is 2. The number of nitrogens with one attached hydrogen (secondary N) is 2. The first kappa shape index (κ1) is 10.7. The van der Waals surface area contributed by atoms with Gasteiger partial charge in [0.1, 0.15) is 5.69 Å². The fourth-order valence-electron chi connectivity index (χ4n) is 1.77. The van der Waals surface area contributed by atoms with Gasteiger partial charge in [-0.2, -0.15) is 0 Å². The molecular weight excluding hydrogens is 230 g/mol. The standard InChI is InChI=1S/C13H11N3O2/c17-13-10(8-14-15-13)6-11-7-12(16-18-11)9-4-2-1-3-5-9/h1-7,14H,8H2,(H,15,17)/b10-6-. The van der Waals surface area contributed by atoms with E-state index in [1.54, 1.807) is 6.08 Å². The van der Waals surface area contributed by atoms with Crippen LogP contribution in [0.25, 0.3) is 17.3 Å². The van der Waals surface area contributed by atoms with Crippen molar-refractivity contribution in [3.63, 3.8) is 0 Å². The summed E-state index contributed by atoms with van der Waals surface area (Å²) in [5, 5.41) is 3.98. The molecule has 3 rings (SSSR count). The highest BCUT2D eigenvalue weighted by Gasteiger charge is 2.16. The molecule has 1 aromatic carbocycles. The predicted molar refractivity (Wildman–Crippen MR) is 66.1 cm³/mol. The molecule has 2 heterocycles. The van der Waals surface area contributed by atoms with Crippen LogP contribution in [0, 0.1) is 0 Å². The number of carbonyl (C=O) groups is 1. The van der Waals surface area contributed by atoms with Crippen LogP contribution in [0.15, 0.2) is 46.5 Å². The van der Waals surface area contributed by atoms with Crippen molar-refractivity contribution < 1.29 is 9.32 Å². The third-order valence-corrected chi connectivity index (χ3v) is 2.69. The molecule has 0 radical (unpaired) electrons. The summed E-state index contributed by atoms with van der Waals surface area (Å²) in [6.07, 6.45) is 1.69. The van der Waals surface area contributed by atoms with Gasteiger partial charge < -0.3 is 4.52 Å². The highest BCUT2D eigenvalue weighted by molar-refractivity contribution is 5.99. The van der Waals surface area contributed by atoms with Gasteiger partial charge in [-0.3, -0.25) is 10.2 Å². The molecule has 1 aromatic heterocycles. The minimum absolute atomic E-state index is 0.132. The van der Waals surface area contributed by atoms with Gasteiger partial charge in [0.25, 0.3) is 5.91 Å². The van der Waals surface area contributed by atoms with Crippen molar-refractivity contribution in [2.24, 2.45) is 0 Å². The molecule has 0 saturated carbocycles. The van der Waals surface area contributed by atoms with Crippen LogP contribution in [-0.2, 0) is 4.79 Å². The molecule has 0 spiro atoms. The number of hydrogen-bond acceptors (Lipinski definition) is 4. The molecule has 2 N–H and O–H groups in total. The number of rotatable bonds is 2. The summed E-state index contributed by atoms with van der Waals surface area (Å²) in [6, 6.07) is 11.6. The molecule has 1 amide bonds. The molecule has 90 valence electrons. The van der Waals surface area contributed by atoms with Crippen LogP contribution in [0.3, 0.4) is 0 Å². The summed E-state index contributed by atoms with van der Waals surface area (Å²) < 4.78 is 5.20. The van der Waals surface area contributed by atoms with E-state index in [0.717, 1.165) is 11.3 Å². The van der Waals surface area contributed by atoms with Crippen LogP contribution in [0.2, 0.25) is 0 Å². The maximum absolute atomic E-state index is 11.4. The molecular formula is C13H11N3O2. The van der Waals surface area contributed by atoms with Gasteiger partial charge in [-0.25, -0.2) is 5.43 Å². The Balaban J connectivity index is 1.88. The zero-order valence-corrected chi connectivity index (χ0v) is 9.51. The molecule has 0 aliphatic carbocycles. The van der Waals surface area contributed by atoms with Crippen molar-refractivity contribution >= 4 is 12.0 Å². The normalized spacial score (nSPS) is 17.1. The second-order valence-corrected chi connectivity index (χ2v) is 3.96. The van der Waals surface area contributed by atoms with Crippen LogP contribution in [-0.4, -0.2) is 17.6 Å². The van der Waals surface area contributed by atoms with Gasteiger partial charge in [0.2, 0.25) is 0 Å². The maximum Gasteiger partial charge on any atom is 0.262 e. The Bertz CT molecular complexity index is 602. The van der Waals surface area contributed by atoms with E-state index >= 15 is 0 Å². The van der Waals surface area contributed by atoms with Gasteiger partial charge in [-0.15, -0.1) is 0 Å². The minimum atomic E-state index is -0.132. The van der Waals surface area contributed by atoms with Crippen LogP contribution < -0.4 is 10.9 Å². The van der Waals surface area contributed by atoms with Crippen LogP contribution in [0.5, 0.6) is 0 Å². The second-order valence-electron chi connectivity index (χ2n) is 3.96. The monoisotopic (exact) mass is 241 g/mol. The fraction of sp³-hybridized carbons (Fsp3) is 0.0769. The van der Waals surface area contributed by atoms with Crippen molar-refractivity contribution in [2.75, 3.05) is 6.54 Å². The molecule has 1 aliphatic heterocycles. The van der Waals surface area contributed by atoms with E-state index in [1.807, 2.05) is 36.4 Å². The number of benzene rings is 1. The number of aromatic nitrogens is 1. The van der Waals surface area contributed by atoms with E-state index in [1.165, 1.54) is 0 Å². The molecule has 5 heteroatoms. The van der Waals surface area contributed by atoms with E-state index in [9.17, 15) is 4.79 Å². The Labute approximate surface area is 103 Å². The molecule has 1 aliphatic rings. The highest BCUT2D eigenvalue weighted by Crippen LogP contribution is 2.20. The summed E-state index contributed by atoms with van der Waals surface area (Å²) in [4.78, 5) is 11.4. The number of hydrazine groups is 1. The molecule has 0 bridgehead atoms. The molecule has 0 unspecified atom stereocenters. The zero-order chi connectivity index (χ0) is 12.4. The van der Waals surface area contributed by atoms with Gasteiger partial charge >= 0.3 is 0 Å². The first-order valence-electron chi connectivity index (χ1n) is 5.59. The third-order valence-electron chi connectivity index (χ3n) is 2.69. The number of amides is 1. The Morgan fingerprint density at radius 3 is 2.83 bits per heavy atom. The summed E-state index contributed by atoms with van der Waals surface area (Å²) in [5.41, 5.74) is 7.63. The highest BCUT2D eigenvalue weighted by atomic mass is 16.5. The summed E-state index contributed by atoms with van der Waals surface area (Å²) in [7, 11) is 0. The van der Waals surface area contributed by atoms with Crippen molar-refractivity contribution in [1.29, 1.82) is 0 Å². The molecule has 18 heavy (non-hydrogen) atoms. The molecule has 1 saturated heterocycles. The number of nitrogens with zero attached hydrogens (tertiary/aromatic N) is 1. The fourth-order valence-corrected chi connectivity index (χ4v) is 1.77. The van der Waals surface area contributed by atoms with Crippen LogP contribution in [0.1, 0.15) is 5.76 Å². The van der Waals surface area contributed by atoms with E-state index in [0.29, 0.717) is 17.9 Å². The SMILES string of the molecule is O=C1NNC/C1=C/c1cc(-c2ccccc2)no1. The van der Waals surface area contributed by atoms with Crippen LogP contribution >= 0.6 is 0 Å². The molecule has 0 atom stereocenters. The maximum atomic E-state index is 11.4. The Hall–Kier alpha value is -2.40. The van der Waals surface area contributed by atoms with Crippen molar-refractivity contribution in [3.05, 3.63) is 47.7 Å². The lowest BCUT2D eigenvalue weighted by molar-refractivity contribution is -0.116. The zero-order valence-electron chi connectivity index (χ0n) is 9.51. The topological polar surface area (TPSA) is 67.2 Å². The van der Waals surface area contributed by atoms with E-state index in [4.69, 9.17) is 4.52 Å². The molecule has 5 nitrogen and oxygen atoms in total. The average Bonchev–Trinajstić information content (AvgIpc) is 3.02. The molecule has 2 aromatic rings. The van der Waals surface area contributed by atoms with Crippen LogP contribution in [0.4, 0.5) is 0 Å². The van der Waals surface area contributed by atoms with Crippen molar-refractivity contribution in [1.82, 2.24) is 16.0 Å².